The first-order valence-electron chi connectivity index (χ1n) is 13.7. The fourth-order valence-corrected chi connectivity index (χ4v) is 5.31. The molecule has 0 saturated carbocycles. The van der Waals surface area contributed by atoms with Crippen LogP contribution < -0.4 is 5.56 Å². The normalized spacial score (nSPS) is 12.3. The molecule has 200 valence electrons. The minimum absolute atomic E-state index is 0.0341. The Labute approximate surface area is 229 Å². The van der Waals surface area contributed by atoms with E-state index in [0.29, 0.717) is 13.1 Å². The van der Waals surface area contributed by atoms with Crippen molar-refractivity contribution >= 4 is 10.9 Å². The third kappa shape index (κ3) is 6.15. The van der Waals surface area contributed by atoms with Crippen molar-refractivity contribution in [3.63, 3.8) is 0 Å². The molecular formula is C32H36N6O. The first-order chi connectivity index (χ1) is 19.0. The summed E-state index contributed by atoms with van der Waals surface area (Å²) in [5.41, 5.74) is 6.37. The van der Waals surface area contributed by atoms with E-state index in [-0.39, 0.29) is 11.6 Å². The minimum atomic E-state index is -0.0422. The smallest absolute Gasteiger partial charge is 0.252 e. The number of rotatable bonds is 11. The number of tetrazole rings is 1. The number of hydrogen-bond donors (Lipinski definition) is 1. The number of H-pyrrole nitrogens is 1. The Kier molecular flexibility index (Phi) is 8.27. The maximum absolute atomic E-state index is 13.3. The summed E-state index contributed by atoms with van der Waals surface area (Å²) >= 11 is 0. The Morgan fingerprint density at radius 1 is 0.897 bits per heavy atom. The molecular weight excluding hydrogens is 484 g/mol. The number of nitrogens with zero attached hydrogens (tertiary/aromatic N) is 5. The lowest BCUT2D eigenvalue weighted by atomic mass is 10.0. The first kappa shape index (κ1) is 26.5. The number of aryl methyl sites for hydroxylation is 4. The van der Waals surface area contributed by atoms with Crippen LogP contribution in [0.1, 0.15) is 53.0 Å². The fraction of sp³-hybridized carbons (Fsp3) is 0.312. The van der Waals surface area contributed by atoms with Crippen molar-refractivity contribution in [3.05, 3.63) is 123 Å². The maximum atomic E-state index is 13.3. The zero-order valence-corrected chi connectivity index (χ0v) is 23.0. The van der Waals surface area contributed by atoms with E-state index in [4.69, 9.17) is 0 Å². The molecule has 5 aromatic rings. The second kappa shape index (κ2) is 12.2. The molecule has 3 aromatic carbocycles. The number of pyridine rings is 1. The van der Waals surface area contributed by atoms with Gasteiger partial charge in [0, 0.05) is 30.6 Å². The molecule has 1 atom stereocenters. The molecule has 0 aliphatic carbocycles. The lowest BCUT2D eigenvalue weighted by molar-refractivity contribution is 0.171. The Bertz CT molecular complexity index is 1580. The standard InChI is InChI=1S/C32H36N6O/c1-4-29(31-34-35-36-38(31)20-18-26-13-9-6-10-14-26)37(19-17-25-11-7-5-8-12-25)22-27-21-28-23(2)15-16-24(3)30(28)33-32(27)39/h5-16,21,29H,4,17-20,22H2,1-3H3,(H,33,39)/t29-/m0/s1. The van der Waals surface area contributed by atoms with Crippen LogP contribution in [-0.2, 0) is 25.9 Å². The molecule has 1 N–H and O–H groups in total. The van der Waals surface area contributed by atoms with Gasteiger partial charge >= 0.3 is 0 Å². The van der Waals surface area contributed by atoms with Crippen LogP contribution >= 0.6 is 0 Å². The average molecular weight is 521 g/mol. The molecule has 2 aromatic heterocycles. The predicted octanol–water partition coefficient (Wildman–Crippen LogP) is 5.57. The van der Waals surface area contributed by atoms with Crippen molar-refractivity contribution in [3.8, 4) is 0 Å². The summed E-state index contributed by atoms with van der Waals surface area (Å²) < 4.78 is 1.93. The van der Waals surface area contributed by atoms with E-state index >= 15 is 0 Å². The maximum Gasteiger partial charge on any atom is 0.252 e. The van der Waals surface area contributed by atoms with Gasteiger partial charge in [0.15, 0.2) is 5.82 Å². The molecule has 0 radical (unpaired) electrons. The molecule has 0 fully saturated rings. The molecule has 0 spiro atoms. The Hall–Kier alpha value is -4.10. The minimum Gasteiger partial charge on any atom is -0.321 e. The van der Waals surface area contributed by atoms with Gasteiger partial charge in [-0.15, -0.1) is 5.10 Å². The molecule has 7 heteroatoms. The fourth-order valence-electron chi connectivity index (χ4n) is 5.31. The van der Waals surface area contributed by atoms with Crippen LogP contribution in [0.15, 0.2) is 83.7 Å². The highest BCUT2D eigenvalue weighted by Gasteiger charge is 2.26. The molecule has 7 nitrogen and oxygen atoms in total. The zero-order valence-electron chi connectivity index (χ0n) is 23.0. The second-order valence-corrected chi connectivity index (χ2v) is 10.2. The number of aromatic nitrogens is 5. The lowest BCUT2D eigenvalue weighted by Gasteiger charge is -2.30. The summed E-state index contributed by atoms with van der Waals surface area (Å²) in [6.45, 7) is 8.27. The van der Waals surface area contributed by atoms with Gasteiger partial charge < -0.3 is 4.98 Å². The number of hydrogen-bond acceptors (Lipinski definition) is 5. The molecule has 0 saturated heterocycles. The summed E-state index contributed by atoms with van der Waals surface area (Å²) in [4.78, 5) is 18.8. The van der Waals surface area contributed by atoms with Crippen LogP contribution in [0.2, 0.25) is 0 Å². The largest absolute Gasteiger partial charge is 0.321 e. The number of aromatic amines is 1. The molecule has 0 aliphatic heterocycles. The summed E-state index contributed by atoms with van der Waals surface area (Å²) in [7, 11) is 0. The topological polar surface area (TPSA) is 79.7 Å². The van der Waals surface area contributed by atoms with Gasteiger partial charge in [-0.25, -0.2) is 4.68 Å². The van der Waals surface area contributed by atoms with Crippen molar-refractivity contribution in [2.24, 2.45) is 0 Å². The molecule has 2 heterocycles. The van der Waals surface area contributed by atoms with E-state index in [2.05, 4.69) is 106 Å². The van der Waals surface area contributed by atoms with E-state index in [1.165, 1.54) is 11.1 Å². The van der Waals surface area contributed by atoms with Crippen LogP contribution in [0.25, 0.3) is 10.9 Å². The SMILES string of the molecule is CC[C@@H](c1nnnn1CCc1ccccc1)N(CCc1ccccc1)Cc1cc2c(C)ccc(C)c2[nH]c1=O. The Balaban J connectivity index is 1.47. The average Bonchev–Trinajstić information content (AvgIpc) is 3.43. The van der Waals surface area contributed by atoms with Crippen molar-refractivity contribution in [1.82, 2.24) is 30.1 Å². The van der Waals surface area contributed by atoms with Gasteiger partial charge in [0.1, 0.15) is 0 Å². The van der Waals surface area contributed by atoms with Crippen LogP contribution in [0.4, 0.5) is 0 Å². The molecule has 5 rings (SSSR count). The third-order valence-corrected chi connectivity index (χ3v) is 7.56. The van der Waals surface area contributed by atoms with Gasteiger partial charge in [0.05, 0.1) is 11.6 Å². The van der Waals surface area contributed by atoms with Crippen molar-refractivity contribution in [1.29, 1.82) is 0 Å². The van der Waals surface area contributed by atoms with Crippen molar-refractivity contribution in [2.45, 2.75) is 59.2 Å². The summed E-state index contributed by atoms with van der Waals surface area (Å²) in [5, 5.41) is 14.0. The van der Waals surface area contributed by atoms with E-state index in [1.54, 1.807) is 0 Å². The lowest BCUT2D eigenvalue weighted by Crippen LogP contribution is -2.34. The summed E-state index contributed by atoms with van der Waals surface area (Å²) in [6, 6.07) is 27.1. The zero-order chi connectivity index (χ0) is 27.2. The van der Waals surface area contributed by atoms with E-state index in [9.17, 15) is 4.79 Å². The van der Waals surface area contributed by atoms with Crippen LogP contribution in [0.5, 0.6) is 0 Å². The van der Waals surface area contributed by atoms with E-state index < -0.39 is 0 Å². The van der Waals surface area contributed by atoms with E-state index in [1.807, 2.05) is 23.7 Å². The van der Waals surface area contributed by atoms with Gasteiger partial charge in [0.25, 0.3) is 5.56 Å². The Morgan fingerprint density at radius 3 is 2.26 bits per heavy atom. The number of fused-ring (bicyclic) bond motifs is 1. The highest BCUT2D eigenvalue weighted by Crippen LogP contribution is 2.26. The summed E-state index contributed by atoms with van der Waals surface area (Å²) in [6.07, 6.45) is 2.54. The predicted molar refractivity (Wildman–Crippen MR) is 156 cm³/mol. The Morgan fingerprint density at radius 2 is 1.56 bits per heavy atom. The quantitative estimate of drug-likeness (QED) is 0.246. The van der Waals surface area contributed by atoms with Crippen LogP contribution in [0, 0.1) is 13.8 Å². The third-order valence-electron chi connectivity index (χ3n) is 7.56. The van der Waals surface area contributed by atoms with E-state index in [0.717, 1.165) is 59.2 Å². The molecule has 0 amide bonds. The highest BCUT2D eigenvalue weighted by atomic mass is 16.1. The van der Waals surface area contributed by atoms with Crippen molar-refractivity contribution in [2.75, 3.05) is 6.54 Å². The molecule has 0 aliphatic rings. The van der Waals surface area contributed by atoms with Crippen molar-refractivity contribution < 1.29 is 0 Å². The molecule has 39 heavy (non-hydrogen) atoms. The second-order valence-electron chi connectivity index (χ2n) is 10.2. The van der Waals surface area contributed by atoms with Gasteiger partial charge in [-0.1, -0.05) is 79.7 Å². The molecule has 0 unspecified atom stereocenters. The van der Waals surface area contributed by atoms with Crippen LogP contribution in [0.3, 0.4) is 0 Å². The molecule has 0 bridgehead atoms. The number of benzene rings is 3. The monoisotopic (exact) mass is 520 g/mol. The summed E-state index contributed by atoms with van der Waals surface area (Å²) in [5.74, 6) is 0.839. The van der Waals surface area contributed by atoms with Gasteiger partial charge in [-0.2, -0.15) is 0 Å². The first-order valence-corrected chi connectivity index (χ1v) is 13.7. The van der Waals surface area contributed by atoms with Gasteiger partial charge in [-0.05, 0) is 71.9 Å². The van der Waals surface area contributed by atoms with Gasteiger partial charge in [-0.3, -0.25) is 9.69 Å². The van der Waals surface area contributed by atoms with Crippen LogP contribution in [-0.4, -0.2) is 36.6 Å². The number of nitrogens with one attached hydrogen (secondary N) is 1. The van der Waals surface area contributed by atoms with Gasteiger partial charge in [0.2, 0.25) is 0 Å². The highest BCUT2D eigenvalue weighted by molar-refractivity contribution is 5.85.